The van der Waals surface area contributed by atoms with Gasteiger partial charge in [-0.3, -0.25) is 4.79 Å². The largest absolute Gasteiger partial charge is 0.353 e. The van der Waals surface area contributed by atoms with E-state index in [4.69, 9.17) is 11.6 Å². The number of rotatable bonds is 3. The zero-order valence-corrected chi connectivity index (χ0v) is 8.71. The van der Waals surface area contributed by atoms with Crippen molar-refractivity contribution >= 4 is 23.6 Å². The van der Waals surface area contributed by atoms with Gasteiger partial charge < -0.3 is 5.32 Å². The molecule has 3 heteroatoms. The average Bonchev–Trinajstić information content (AvgIpc) is 2.17. The fraction of sp³-hybridized carbons (Fsp3) is 0.182. The molecule has 1 aromatic rings. The van der Waals surface area contributed by atoms with Crippen LogP contribution in [0.5, 0.6) is 0 Å². The van der Waals surface area contributed by atoms with E-state index < -0.39 is 0 Å². The first-order chi connectivity index (χ1) is 6.74. The van der Waals surface area contributed by atoms with Crippen molar-refractivity contribution in [3.63, 3.8) is 0 Å². The smallest absolute Gasteiger partial charge is 0.243 e. The van der Waals surface area contributed by atoms with Gasteiger partial charge in [0, 0.05) is 17.6 Å². The highest BCUT2D eigenvalue weighted by molar-refractivity contribution is 6.32. The molecule has 0 aliphatic heterocycles. The lowest BCUT2D eigenvalue weighted by atomic mass is 10.2. The summed E-state index contributed by atoms with van der Waals surface area (Å²) < 4.78 is 0. The van der Waals surface area contributed by atoms with Gasteiger partial charge in [0.1, 0.15) is 0 Å². The van der Waals surface area contributed by atoms with Crippen LogP contribution in [0.25, 0.3) is 6.08 Å². The molecule has 1 rings (SSSR count). The Hall–Kier alpha value is -1.28. The van der Waals surface area contributed by atoms with Crippen LogP contribution in [0.3, 0.4) is 0 Å². The van der Waals surface area contributed by atoms with Crippen LogP contribution < -0.4 is 5.32 Å². The molecule has 0 fully saturated rings. The minimum Gasteiger partial charge on any atom is -0.353 e. The second kappa shape index (κ2) is 5.45. The average molecular weight is 210 g/mol. The van der Waals surface area contributed by atoms with E-state index in [9.17, 15) is 4.79 Å². The third-order valence-corrected chi connectivity index (χ3v) is 2.01. The van der Waals surface area contributed by atoms with Crippen molar-refractivity contribution in [3.05, 3.63) is 40.9 Å². The number of carbonyl (C=O) groups excluding carboxylic acids is 1. The van der Waals surface area contributed by atoms with Gasteiger partial charge in [-0.05, 0) is 24.6 Å². The Balaban J connectivity index is 2.69. The maximum atomic E-state index is 11.1. The molecular formula is C11H12ClNO. The summed E-state index contributed by atoms with van der Waals surface area (Å²) in [5.74, 6) is -0.104. The van der Waals surface area contributed by atoms with E-state index in [1.54, 1.807) is 12.1 Å². The molecule has 0 aromatic heterocycles. The molecule has 1 amide bonds. The summed E-state index contributed by atoms with van der Waals surface area (Å²) in [6.45, 7) is 2.51. The molecule has 0 heterocycles. The van der Waals surface area contributed by atoms with E-state index in [2.05, 4.69) is 5.32 Å². The highest BCUT2D eigenvalue weighted by Gasteiger charge is 1.95. The zero-order valence-electron chi connectivity index (χ0n) is 7.96. The summed E-state index contributed by atoms with van der Waals surface area (Å²) in [5, 5.41) is 3.31. The van der Waals surface area contributed by atoms with Crippen molar-refractivity contribution in [1.82, 2.24) is 5.32 Å². The Morgan fingerprint density at radius 1 is 1.50 bits per heavy atom. The Bertz CT molecular complexity index is 347. The van der Waals surface area contributed by atoms with Gasteiger partial charge in [0.05, 0.1) is 0 Å². The molecule has 0 saturated heterocycles. The van der Waals surface area contributed by atoms with E-state index in [0.29, 0.717) is 11.6 Å². The van der Waals surface area contributed by atoms with Crippen LogP contribution in [0.1, 0.15) is 12.5 Å². The molecule has 0 radical (unpaired) electrons. The molecule has 0 aliphatic carbocycles. The molecular weight excluding hydrogens is 198 g/mol. The molecule has 14 heavy (non-hydrogen) atoms. The molecule has 0 saturated carbocycles. The first kappa shape index (κ1) is 10.8. The van der Waals surface area contributed by atoms with Crippen LogP contribution in [0.2, 0.25) is 5.02 Å². The van der Waals surface area contributed by atoms with Crippen LogP contribution in [0.15, 0.2) is 30.3 Å². The fourth-order valence-electron chi connectivity index (χ4n) is 1.01. The summed E-state index contributed by atoms with van der Waals surface area (Å²) in [4.78, 5) is 11.1. The minimum atomic E-state index is -0.104. The van der Waals surface area contributed by atoms with Crippen molar-refractivity contribution in [3.8, 4) is 0 Å². The summed E-state index contributed by atoms with van der Waals surface area (Å²) in [7, 11) is 0. The number of amides is 1. The second-order valence-electron chi connectivity index (χ2n) is 2.75. The van der Waals surface area contributed by atoms with Crippen LogP contribution in [0.4, 0.5) is 0 Å². The summed E-state index contributed by atoms with van der Waals surface area (Å²) in [5.41, 5.74) is 0.848. The summed E-state index contributed by atoms with van der Waals surface area (Å²) in [6, 6.07) is 7.38. The first-order valence-corrected chi connectivity index (χ1v) is 4.82. The van der Waals surface area contributed by atoms with Gasteiger partial charge in [-0.15, -0.1) is 0 Å². The molecule has 0 spiro atoms. The van der Waals surface area contributed by atoms with E-state index in [-0.39, 0.29) is 5.91 Å². The quantitative estimate of drug-likeness (QED) is 0.762. The van der Waals surface area contributed by atoms with E-state index in [1.807, 2.05) is 25.1 Å². The van der Waals surface area contributed by atoms with Crippen LogP contribution >= 0.6 is 11.6 Å². The number of likely N-dealkylation sites (N-methyl/N-ethyl adjacent to an activating group) is 1. The zero-order chi connectivity index (χ0) is 10.4. The predicted octanol–water partition coefficient (Wildman–Crippen LogP) is 2.49. The lowest BCUT2D eigenvalue weighted by Crippen LogP contribution is -2.19. The Morgan fingerprint density at radius 3 is 2.86 bits per heavy atom. The van der Waals surface area contributed by atoms with E-state index in [0.717, 1.165) is 5.56 Å². The number of hydrogen-bond donors (Lipinski definition) is 1. The summed E-state index contributed by atoms with van der Waals surface area (Å²) >= 11 is 5.90. The van der Waals surface area contributed by atoms with Crippen molar-refractivity contribution in [2.24, 2.45) is 0 Å². The molecule has 0 atom stereocenters. The molecule has 1 aromatic carbocycles. The molecule has 0 unspecified atom stereocenters. The fourth-order valence-corrected chi connectivity index (χ4v) is 1.21. The van der Waals surface area contributed by atoms with E-state index in [1.165, 1.54) is 6.08 Å². The summed E-state index contributed by atoms with van der Waals surface area (Å²) in [6.07, 6.45) is 3.18. The van der Waals surface area contributed by atoms with Gasteiger partial charge in [-0.2, -0.15) is 0 Å². The van der Waals surface area contributed by atoms with Crippen molar-refractivity contribution in [2.75, 3.05) is 6.54 Å². The maximum Gasteiger partial charge on any atom is 0.243 e. The lowest BCUT2D eigenvalue weighted by Gasteiger charge is -1.97. The second-order valence-corrected chi connectivity index (χ2v) is 3.16. The van der Waals surface area contributed by atoms with Crippen LogP contribution in [0, 0.1) is 0 Å². The van der Waals surface area contributed by atoms with Gasteiger partial charge in [0.2, 0.25) is 5.91 Å². The molecule has 1 N–H and O–H groups in total. The highest BCUT2D eigenvalue weighted by Crippen LogP contribution is 2.15. The normalized spacial score (nSPS) is 10.4. The highest BCUT2D eigenvalue weighted by atomic mass is 35.5. The first-order valence-electron chi connectivity index (χ1n) is 4.44. The van der Waals surface area contributed by atoms with Gasteiger partial charge in [-0.25, -0.2) is 0 Å². The van der Waals surface area contributed by atoms with Crippen LogP contribution in [-0.2, 0) is 4.79 Å². The lowest BCUT2D eigenvalue weighted by molar-refractivity contribution is -0.116. The predicted molar refractivity (Wildman–Crippen MR) is 59.2 cm³/mol. The SMILES string of the molecule is CCNC(=O)C=Cc1ccccc1Cl. The van der Waals surface area contributed by atoms with Crippen molar-refractivity contribution in [1.29, 1.82) is 0 Å². The van der Waals surface area contributed by atoms with Gasteiger partial charge in [0.25, 0.3) is 0 Å². The molecule has 74 valence electrons. The Morgan fingerprint density at radius 2 is 2.21 bits per heavy atom. The third-order valence-electron chi connectivity index (χ3n) is 1.67. The van der Waals surface area contributed by atoms with Gasteiger partial charge in [-0.1, -0.05) is 29.8 Å². The minimum absolute atomic E-state index is 0.104. The number of benzene rings is 1. The van der Waals surface area contributed by atoms with Crippen molar-refractivity contribution in [2.45, 2.75) is 6.92 Å². The molecule has 0 aliphatic rings. The monoisotopic (exact) mass is 209 g/mol. The standard InChI is InChI=1S/C11H12ClNO/c1-2-13-11(14)8-7-9-5-3-4-6-10(9)12/h3-8H,2H2,1H3,(H,13,14). The van der Waals surface area contributed by atoms with Gasteiger partial charge in [0.15, 0.2) is 0 Å². The third kappa shape index (κ3) is 3.23. The van der Waals surface area contributed by atoms with Crippen LogP contribution in [-0.4, -0.2) is 12.5 Å². The maximum absolute atomic E-state index is 11.1. The number of halogens is 1. The topological polar surface area (TPSA) is 29.1 Å². The molecule has 0 bridgehead atoms. The number of nitrogens with one attached hydrogen (secondary N) is 1. The van der Waals surface area contributed by atoms with E-state index >= 15 is 0 Å². The molecule has 2 nitrogen and oxygen atoms in total. The number of hydrogen-bond acceptors (Lipinski definition) is 1. The Labute approximate surface area is 88.6 Å². The Kier molecular flexibility index (Phi) is 4.20. The van der Waals surface area contributed by atoms with Crippen molar-refractivity contribution < 1.29 is 4.79 Å². The number of carbonyl (C=O) groups is 1. The van der Waals surface area contributed by atoms with Gasteiger partial charge >= 0.3 is 0 Å².